The predicted octanol–water partition coefficient (Wildman–Crippen LogP) is 1.96. The number of rotatable bonds is 10. The molecule has 1 amide bonds. The molecule has 158 valence electrons. The number of aliphatic carboxylic acids is 1. The van der Waals surface area contributed by atoms with E-state index in [0.29, 0.717) is 38.8 Å². The molecule has 0 fully saturated rings. The third-order valence-electron chi connectivity index (χ3n) is 5.06. The lowest BCUT2D eigenvalue weighted by molar-refractivity contribution is -0.138. The van der Waals surface area contributed by atoms with Crippen LogP contribution in [0.4, 0.5) is 5.69 Å². The Hall–Kier alpha value is -3.36. The van der Waals surface area contributed by atoms with Crippen LogP contribution in [0.25, 0.3) is 6.08 Å². The Balaban J connectivity index is 1.81. The van der Waals surface area contributed by atoms with Crippen molar-refractivity contribution in [3.05, 3.63) is 34.9 Å². The zero-order valence-corrected chi connectivity index (χ0v) is 16.9. The van der Waals surface area contributed by atoms with Crippen molar-refractivity contribution in [2.75, 3.05) is 24.5 Å². The number of unbranched alkanes of at least 4 members (excludes halogenated alkanes) is 1. The first-order valence-electron chi connectivity index (χ1n) is 10.1. The second kappa shape index (κ2) is 11.6. The molecule has 1 aromatic carbocycles. The van der Waals surface area contributed by atoms with Crippen molar-refractivity contribution in [2.24, 2.45) is 5.73 Å². The van der Waals surface area contributed by atoms with E-state index in [-0.39, 0.29) is 11.5 Å². The molecule has 1 unspecified atom stereocenters. The van der Waals surface area contributed by atoms with Crippen molar-refractivity contribution in [1.82, 2.24) is 5.32 Å². The highest BCUT2D eigenvalue weighted by Crippen LogP contribution is 2.28. The molecular weight excluding hydrogens is 382 g/mol. The summed E-state index contributed by atoms with van der Waals surface area (Å²) in [6, 6.07) is 8.76. The monoisotopic (exact) mass is 409 g/mol. The molecule has 1 aliphatic rings. The molecule has 0 radical (unpaired) electrons. The number of benzene rings is 1. The molecule has 0 saturated heterocycles. The summed E-state index contributed by atoms with van der Waals surface area (Å²) in [5.41, 5.74) is 8.59. The van der Waals surface area contributed by atoms with Gasteiger partial charge < -0.3 is 21.1 Å². The first-order chi connectivity index (χ1) is 14.4. The number of carboxylic acids is 1. The predicted molar refractivity (Wildman–Crippen MR) is 113 cm³/mol. The highest BCUT2D eigenvalue weighted by atomic mass is 16.4. The molecule has 1 atom stereocenters. The summed E-state index contributed by atoms with van der Waals surface area (Å²) >= 11 is 0. The van der Waals surface area contributed by atoms with Gasteiger partial charge in [0.2, 0.25) is 5.91 Å². The number of hydrogen-bond acceptors (Lipinski definition) is 6. The van der Waals surface area contributed by atoms with Crippen molar-refractivity contribution in [2.45, 2.75) is 44.6 Å². The summed E-state index contributed by atoms with van der Waals surface area (Å²) in [6.07, 6.45) is 5.61. The Kier molecular flexibility index (Phi) is 8.86. The van der Waals surface area contributed by atoms with Crippen LogP contribution in [0, 0.1) is 22.7 Å². The van der Waals surface area contributed by atoms with E-state index in [1.54, 1.807) is 6.08 Å². The molecule has 1 aromatic rings. The van der Waals surface area contributed by atoms with E-state index in [0.717, 1.165) is 36.2 Å². The Bertz CT molecular complexity index is 866. The van der Waals surface area contributed by atoms with Crippen molar-refractivity contribution < 1.29 is 14.7 Å². The summed E-state index contributed by atoms with van der Waals surface area (Å²) in [6.45, 7) is 2.00. The number of aryl methyl sites for hydroxylation is 1. The molecule has 0 spiro atoms. The standard InChI is InChI=1S/C22H27N5O3/c23-14-17(15-24)12-16-6-7-20-18(13-16)4-3-10-27(20)11-8-21(28)26-9-2-1-5-19(25)22(29)30/h6-7,12-13,19H,1-5,8-11,25H2,(H,26,28)(H,29,30). The second-order valence-electron chi connectivity index (χ2n) is 7.30. The van der Waals surface area contributed by atoms with Crippen LogP contribution in [0.2, 0.25) is 0 Å². The topological polar surface area (TPSA) is 143 Å². The van der Waals surface area contributed by atoms with E-state index in [4.69, 9.17) is 21.4 Å². The van der Waals surface area contributed by atoms with Gasteiger partial charge in [-0.3, -0.25) is 9.59 Å². The first kappa shape index (κ1) is 22.9. The molecule has 0 aromatic heterocycles. The minimum Gasteiger partial charge on any atom is -0.480 e. The minimum atomic E-state index is -1.00. The van der Waals surface area contributed by atoms with Crippen molar-refractivity contribution in [3.8, 4) is 12.1 Å². The quantitative estimate of drug-likeness (QED) is 0.396. The van der Waals surface area contributed by atoms with Gasteiger partial charge in [-0.1, -0.05) is 6.07 Å². The maximum absolute atomic E-state index is 12.1. The summed E-state index contributed by atoms with van der Waals surface area (Å²) < 4.78 is 0. The van der Waals surface area contributed by atoms with Crippen LogP contribution in [-0.4, -0.2) is 42.7 Å². The fraction of sp³-hybridized carbons (Fsp3) is 0.455. The number of carbonyl (C=O) groups excluding carboxylic acids is 1. The maximum atomic E-state index is 12.1. The first-order valence-corrected chi connectivity index (χ1v) is 10.1. The lowest BCUT2D eigenvalue weighted by Crippen LogP contribution is -2.34. The van der Waals surface area contributed by atoms with Gasteiger partial charge in [-0.05, 0) is 61.4 Å². The molecule has 0 saturated carbocycles. The largest absolute Gasteiger partial charge is 0.480 e. The minimum absolute atomic E-state index is 0.0307. The zero-order chi connectivity index (χ0) is 21.9. The molecular formula is C22H27N5O3. The van der Waals surface area contributed by atoms with Crippen molar-refractivity contribution in [1.29, 1.82) is 10.5 Å². The number of hydrogen-bond donors (Lipinski definition) is 3. The number of nitrogens with two attached hydrogens (primary N) is 1. The second-order valence-corrected chi connectivity index (χ2v) is 7.30. The fourth-order valence-electron chi connectivity index (χ4n) is 3.44. The average Bonchev–Trinajstić information content (AvgIpc) is 2.75. The van der Waals surface area contributed by atoms with E-state index in [1.165, 1.54) is 0 Å². The summed E-state index contributed by atoms with van der Waals surface area (Å²) in [5.74, 6) is -1.03. The summed E-state index contributed by atoms with van der Waals surface area (Å²) in [4.78, 5) is 25.0. The van der Waals surface area contributed by atoms with Crippen LogP contribution in [0.5, 0.6) is 0 Å². The van der Waals surface area contributed by atoms with Crippen LogP contribution in [0.3, 0.4) is 0 Å². The molecule has 0 bridgehead atoms. The van der Waals surface area contributed by atoms with Gasteiger partial charge in [-0.15, -0.1) is 0 Å². The number of anilines is 1. The summed E-state index contributed by atoms with van der Waals surface area (Å²) in [7, 11) is 0. The third-order valence-corrected chi connectivity index (χ3v) is 5.06. The summed E-state index contributed by atoms with van der Waals surface area (Å²) in [5, 5.41) is 29.4. The normalized spacial score (nSPS) is 13.4. The lowest BCUT2D eigenvalue weighted by Gasteiger charge is -2.31. The SMILES string of the molecule is N#CC(C#N)=Cc1ccc2c(c1)CCCN2CCC(=O)NCCCCC(N)C(=O)O. The van der Waals surface area contributed by atoms with Crippen LogP contribution in [-0.2, 0) is 16.0 Å². The van der Waals surface area contributed by atoms with Gasteiger partial charge in [-0.25, -0.2) is 0 Å². The Morgan fingerprint density at radius 2 is 2.07 bits per heavy atom. The van der Waals surface area contributed by atoms with Gasteiger partial charge in [0, 0.05) is 31.7 Å². The number of fused-ring (bicyclic) bond motifs is 1. The Morgan fingerprint density at radius 3 is 2.77 bits per heavy atom. The number of nitrogens with one attached hydrogen (secondary N) is 1. The van der Waals surface area contributed by atoms with Gasteiger partial charge in [0.05, 0.1) is 0 Å². The highest BCUT2D eigenvalue weighted by Gasteiger charge is 2.18. The van der Waals surface area contributed by atoms with Crippen LogP contribution in [0.1, 0.15) is 43.2 Å². The number of allylic oxidation sites excluding steroid dienone is 1. The third kappa shape index (κ3) is 6.91. The van der Waals surface area contributed by atoms with Gasteiger partial charge >= 0.3 is 5.97 Å². The van der Waals surface area contributed by atoms with E-state index >= 15 is 0 Å². The zero-order valence-electron chi connectivity index (χ0n) is 16.9. The van der Waals surface area contributed by atoms with E-state index in [2.05, 4.69) is 10.2 Å². The Morgan fingerprint density at radius 1 is 1.30 bits per heavy atom. The lowest BCUT2D eigenvalue weighted by atomic mass is 9.98. The number of amides is 1. The molecule has 1 heterocycles. The van der Waals surface area contributed by atoms with Crippen LogP contribution in [0.15, 0.2) is 23.8 Å². The smallest absolute Gasteiger partial charge is 0.320 e. The maximum Gasteiger partial charge on any atom is 0.320 e. The van der Waals surface area contributed by atoms with E-state index in [9.17, 15) is 9.59 Å². The van der Waals surface area contributed by atoms with Gasteiger partial charge in [0.15, 0.2) is 0 Å². The van der Waals surface area contributed by atoms with Crippen molar-refractivity contribution in [3.63, 3.8) is 0 Å². The molecule has 30 heavy (non-hydrogen) atoms. The highest BCUT2D eigenvalue weighted by molar-refractivity contribution is 5.77. The van der Waals surface area contributed by atoms with Crippen LogP contribution < -0.4 is 16.0 Å². The molecule has 1 aliphatic heterocycles. The number of carboxylic acid groups (broad SMARTS) is 1. The Labute approximate surface area is 176 Å². The van der Waals surface area contributed by atoms with Gasteiger partial charge in [0.1, 0.15) is 23.8 Å². The molecule has 8 nitrogen and oxygen atoms in total. The molecule has 8 heteroatoms. The van der Waals surface area contributed by atoms with E-state index in [1.807, 2.05) is 30.3 Å². The van der Waals surface area contributed by atoms with Crippen LogP contribution >= 0.6 is 0 Å². The van der Waals surface area contributed by atoms with Gasteiger partial charge in [-0.2, -0.15) is 10.5 Å². The molecule has 0 aliphatic carbocycles. The van der Waals surface area contributed by atoms with Gasteiger partial charge in [0.25, 0.3) is 0 Å². The fourth-order valence-corrected chi connectivity index (χ4v) is 3.44. The number of carbonyl (C=O) groups is 2. The average molecular weight is 409 g/mol. The number of nitriles is 2. The molecule has 4 N–H and O–H groups in total. The van der Waals surface area contributed by atoms with E-state index < -0.39 is 12.0 Å². The molecule has 2 rings (SSSR count). The number of nitrogens with zero attached hydrogens (tertiary/aromatic N) is 3. The van der Waals surface area contributed by atoms with Crippen molar-refractivity contribution >= 4 is 23.6 Å².